The van der Waals surface area contributed by atoms with Crippen molar-refractivity contribution in [1.29, 1.82) is 0 Å². The smallest absolute Gasteiger partial charge is 0.261 e. The lowest BCUT2D eigenvalue weighted by Crippen LogP contribution is -2.51. The minimum atomic E-state index is -0.728. The molecule has 2 aliphatic rings. The molecule has 1 aromatic heterocycles. The van der Waals surface area contributed by atoms with E-state index in [-0.39, 0.29) is 17.7 Å². The van der Waals surface area contributed by atoms with E-state index in [1.54, 1.807) is 17.0 Å². The molecular weight excluding hydrogens is 398 g/mol. The first-order chi connectivity index (χ1) is 14.6. The van der Waals surface area contributed by atoms with E-state index < -0.39 is 12.1 Å². The number of fused-ring (bicyclic) bond motifs is 2. The van der Waals surface area contributed by atoms with Crippen molar-refractivity contribution in [2.75, 3.05) is 11.9 Å². The van der Waals surface area contributed by atoms with Crippen LogP contribution in [-0.2, 0) is 4.79 Å². The molecule has 2 aromatic carbocycles. The second-order valence-corrected chi connectivity index (χ2v) is 8.35. The van der Waals surface area contributed by atoms with Crippen LogP contribution in [-0.4, -0.2) is 41.2 Å². The lowest BCUT2D eigenvalue weighted by Gasteiger charge is -2.24. The molecule has 0 saturated carbocycles. The molecule has 0 aliphatic carbocycles. The summed E-state index contributed by atoms with van der Waals surface area (Å²) in [5.74, 6) is -0.687. The molecule has 0 radical (unpaired) electrons. The highest BCUT2D eigenvalue weighted by molar-refractivity contribution is 7.12. The van der Waals surface area contributed by atoms with E-state index in [0.29, 0.717) is 29.1 Å². The fourth-order valence-corrected chi connectivity index (χ4v) is 4.77. The highest BCUT2D eigenvalue weighted by Gasteiger charge is 2.45. The number of carbonyl (C=O) groups excluding carboxylic acids is 3. The van der Waals surface area contributed by atoms with Crippen molar-refractivity contribution in [3.05, 3.63) is 76.5 Å². The van der Waals surface area contributed by atoms with Crippen molar-refractivity contribution in [2.24, 2.45) is 0 Å². The molecule has 3 amide bonds. The van der Waals surface area contributed by atoms with E-state index in [4.69, 9.17) is 0 Å². The van der Waals surface area contributed by atoms with Crippen LogP contribution in [0.2, 0.25) is 0 Å². The number of nitrogens with one attached hydrogen (secondary N) is 2. The van der Waals surface area contributed by atoms with E-state index in [0.717, 1.165) is 11.1 Å². The van der Waals surface area contributed by atoms with Crippen LogP contribution < -0.4 is 10.6 Å². The standard InChI is InChI=1S/C23H19N3O3S/c27-21(19-7-4-12-30-19)25-18-10-11-26-20(18)22(28)24-17-9-8-15(13-16(17)23(26)29)14-5-2-1-3-6-14/h1-9,12-13,18,20H,10-11H2,(H,24,28)(H,25,27)/t18-,20-/m0/s1. The Morgan fingerprint density at radius 3 is 2.63 bits per heavy atom. The lowest BCUT2D eigenvalue weighted by molar-refractivity contribution is -0.120. The van der Waals surface area contributed by atoms with E-state index in [1.165, 1.54) is 11.3 Å². The van der Waals surface area contributed by atoms with Gasteiger partial charge in [0.2, 0.25) is 5.91 Å². The van der Waals surface area contributed by atoms with Crippen LogP contribution in [0.1, 0.15) is 26.5 Å². The van der Waals surface area contributed by atoms with Crippen LogP contribution in [0.15, 0.2) is 66.0 Å². The molecule has 5 rings (SSSR count). The number of hydrogen-bond acceptors (Lipinski definition) is 4. The molecule has 0 unspecified atom stereocenters. The Morgan fingerprint density at radius 1 is 1.03 bits per heavy atom. The summed E-state index contributed by atoms with van der Waals surface area (Å²) in [5, 5.41) is 7.66. The Hall–Kier alpha value is -3.45. The summed E-state index contributed by atoms with van der Waals surface area (Å²) in [6.45, 7) is 0.418. The maximum Gasteiger partial charge on any atom is 0.261 e. The predicted molar refractivity (Wildman–Crippen MR) is 116 cm³/mol. The molecular formula is C23H19N3O3S. The van der Waals surface area contributed by atoms with Gasteiger partial charge in [-0.15, -0.1) is 11.3 Å². The van der Waals surface area contributed by atoms with Gasteiger partial charge in [0.15, 0.2) is 0 Å². The number of nitrogens with zero attached hydrogens (tertiary/aromatic N) is 1. The molecule has 30 heavy (non-hydrogen) atoms. The third kappa shape index (κ3) is 3.17. The van der Waals surface area contributed by atoms with Crippen LogP contribution in [0, 0.1) is 0 Å². The van der Waals surface area contributed by atoms with Crippen LogP contribution in [0.25, 0.3) is 11.1 Å². The molecule has 1 fully saturated rings. The number of anilines is 1. The Balaban J connectivity index is 1.44. The van der Waals surface area contributed by atoms with Gasteiger partial charge in [0.25, 0.3) is 11.8 Å². The monoisotopic (exact) mass is 417 g/mol. The normalized spacial score (nSPS) is 20.2. The number of rotatable bonds is 3. The molecule has 2 atom stereocenters. The molecule has 150 valence electrons. The first-order valence-electron chi connectivity index (χ1n) is 9.77. The largest absolute Gasteiger partial charge is 0.346 e. The number of thiophene rings is 1. The van der Waals surface area contributed by atoms with Gasteiger partial charge in [-0.1, -0.05) is 42.5 Å². The lowest BCUT2D eigenvalue weighted by atomic mass is 10.0. The molecule has 6 nitrogen and oxygen atoms in total. The quantitative estimate of drug-likeness (QED) is 0.686. The molecule has 2 N–H and O–H groups in total. The zero-order valence-corrected chi connectivity index (χ0v) is 16.8. The highest BCUT2D eigenvalue weighted by Crippen LogP contribution is 2.32. The van der Waals surface area contributed by atoms with Crippen molar-refractivity contribution in [1.82, 2.24) is 10.2 Å². The van der Waals surface area contributed by atoms with Crippen molar-refractivity contribution in [2.45, 2.75) is 18.5 Å². The van der Waals surface area contributed by atoms with Gasteiger partial charge in [0, 0.05) is 6.54 Å². The van der Waals surface area contributed by atoms with Crippen molar-refractivity contribution >= 4 is 34.7 Å². The zero-order valence-electron chi connectivity index (χ0n) is 16.0. The van der Waals surface area contributed by atoms with Crippen molar-refractivity contribution < 1.29 is 14.4 Å². The molecule has 7 heteroatoms. The molecule has 0 spiro atoms. The average molecular weight is 417 g/mol. The van der Waals surface area contributed by atoms with Crippen LogP contribution in [0.3, 0.4) is 0 Å². The number of hydrogen-bond donors (Lipinski definition) is 2. The van der Waals surface area contributed by atoms with E-state index in [2.05, 4.69) is 10.6 Å². The number of carbonyl (C=O) groups is 3. The minimum absolute atomic E-state index is 0.195. The Bertz CT molecular complexity index is 1130. The molecule has 1 saturated heterocycles. The highest BCUT2D eigenvalue weighted by atomic mass is 32.1. The van der Waals surface area contributed by atoms with E-state index >= 15 is 0 Å². The molecule has 0 bridgehead atoms. The summed E-state index contributed by atoms with van der Waals surface area (Å²) in [6, 6.07) is 17.7. The summed E-state index contributed by atoms with van der Waals surface area (Å²) in [4.78, 5) is 41.0. The van der Waals surface area contributed by atoms with Gasteiger partial charge in [-0.3, -0.25) is 14.4 Å². The molecule has 3 heterocycles. The minimum Gasteiger partial charge on any atom is -0.346 e. The topological polar surface area (TPSA) is 78.5 Å². The third-order valence-corrected chi connectivity index (χ3v) is 6.47. The second kappa shape index (κ2) is 7.42. The first kappa shape index (κ1) is 18.6. The summed E-state index contributed by atoms with van der Waals surface area (Å²) in [6.07, 6.45) is 0.536. The summed E-state index contributed by atoms with van der Waals surface area (Å²) < 4.78 is 0. The Morgan fingerprint density at radius 2 is 1.87 bits per heavy atom. The SMILES string of the molecule is O=C(N[C@H]1CCN2C(=O)c3cc(-c4ccccc4)ccc3NC(=O)[C@H]12)c1cccs1. The van der Waals surface area contributed by atoms with Gasteiger partial charge >= 0.3 is 0 Å². The average Bonchev–Trinajstić information content (AvgIpc) is 3.42. The second-order valence-electron chi connectivity index (χ2n) is 7.40. The number of benzene rings is 2. The fourth-order valence-electron chi connectivity index (χ4n) is 4.14. The van der Waals surface area contributed by atoms with Crippen molar-refractivity contribution in [3.63, 3.8) is 0 Å². The van der Waals surface area contributed by atoms with Crippen LogP contribution in [0.4, 0.5) is 5.69 Å². The van der Waals surface area contributed by atoms with Gasteiger partial charge < -0.3 is 15.5 Å². The summed E-state index contributed by atoms with van der Waals surface area (Å²) in [5.41, 5.74) is 2.89. The predicted octanol–water partition coefficient (Wildman–Crippen LogP) is 3.38. The van der Waals surface area contributed by atoms with Crippen LogP contribution >= 0.6 is 11.3 Å². The first-order valence-corrected chi connectivity index (χ1v) is 10.7. The maximum absolute atomic E-state index is 13.3. The summed E-state index contributed by atoms with van der Waals surface area (Å²) in [7, 11) is 0. The summed E-state index contributed by atoms with van der Waals surface area (Å²) >= 11 is 1.35. The van der Waals surface area contributed by atoms with Crippen molar-refractivity contribution in [3.8, 4) is 11.1 Å². The van der Waals surface area contributed by atoms with Gasteiger partial charge in [-0.05, 0) is 41.1 Å². The molecule has 2 aliphatic heterocycles. The maximum atomic E-state index is 13.3. The van der Waals surface area contributed by atoms with Crippen LogP contribution in [0.5, 0.6) is 0 Å². The Kier molecular flexibility index (Phi) is 4.59. The molecule has 3 aromatic rings. The van der Waals surface area contributed by atoms with E-state index in [9.17, 15) is 14.4 Å². The fraction of sp³-hybridized carbons (Fsp3) is 0.174. The van der Waals surface area contributed by atoms with E-state index in [1.807, 2.05) is 53.9 Å². The zero-order chi connectivity index (χ0) is 20.7. The Labute approximate surface area is 177 Å². The van der Waals surface area contributed by atoms with Gasteiger partial charge in [-0.2, -0.15) is 0 Å². The van der Waals surface area contributed by atoms with Gasteiger partial charge in [0.1, 0.15) is 6.04 Å². The van der Waals surface area contributed by atoms with Gasteiger partial charge in [-0.25, -0.2) is 0 Å². The van der Waals surface area contributed by atoms with Gasteiger partial charge in [0.05, 0.1) is 22.2 Å². The number of amides is 3. The third-order valence-electron chi connectivity index (χ3n) is 5.60.